The van der Waals surface area contributed by atoms with Crippen LogP contribution in [0.1, 0.15) is 25.8 Å². The van der Waals surface area contributed by atoms with Gasteiger partial charge in [0.2, 0.25) is 16.8 Å². The molecule has 1 N–H and O–H groups in total. The topological polar surface area (TPSA) is 92.8 Å². The van der Waals surface area contributed by atoms with Gasteiger partial charge in [-0.1, -0.05) is 36.9 Å². The van der Waals surface area contributed by atoms with Crippen molar-refractivity contribution in [3.63, 3.8) is 0 Å². The molecule has 3 unspecified atom stereocenters. The van der Waals surface area contributed by atoms with E-state index < -0.39 is 38.8 Å². The zero-order valence-corrected chi connectivity index (χ0v) is 15.9. The third-order valence-electron chi connectivity index (χ3n) is 3.86. The summed E-state index contributed by atoms with van der Waals surface area (Å²) in [6.07, 6.45) is -0.279. The lowest BCUT2D eigenvalue weighted by molar-refractivity contribution is -0.169. The van der Waals surface area contributed by atoms with Crippen molar-refractivity contribution in [2.24, 2.45) is 0 Å². The first kappa shape index (κ1) is 20.1. The Morgan fingerprint density at radius 2 is 2.00 bits per heavy atom. The van der Waals surface area contributed by atoms with Crippen LogP contribution in [0.15, 0.2) is 42.5 Å². The third kappa shape index (κ3) is 3.96. The summed E-state index contributed by atoms with van der Waals surface area (Å²) in [5.41, 5.74) is 1.07. The highest BCUT2D eigenvalue weighted by molar-refractivity contribution is 8.09. The SMILES string of the molecule is C=C(C)C(C(=O)OCc1ccccc1)N1C(=O)CC1(NC(C)=O)S(=O)Cl. The van der Waals surface area contributed by atoms with E-state index in [4.69, 9.17) is 15.4 Å². The van der Waals surface area contributed by atoms with Gasteiger partial charge in [0.1, 0.15) is 6.61 Å². The van der Waals surface area contributed by atoms with E-state index in [9.17, 15) is 18.6 Å². The van der Waals surface area contributed by atoms with E-state index in [-0.39, 0.29) is 13.0 Å². The highest BCUT2D eigenvalue weighted by Crippen LogP contribution is 2.38. The molecular formula is C17H19ClN2O5S. The summed E-state index contributed by atoms with van der Waals surface area (Å²) in [5.74, 6) is -1.77. The van der Waals surface area contributed by atoms with Gasteiger partial charge in [-0.15, -0.1) is 0 Å². The quantitative estimate of drug-likeness (QED) is 0.326. The molecule has 2 rings (SSSR count). The van der Waals surface area contributed by atoms with Crippen molar-refractivity contribution in [2.75, 3.05) is 0 Å². The fourth-order valence-corrected chi connectivity index (χ4v) is 4.05. The minimum atomic E-state index is -2.15. The highest BCUT2D eigenvalue weighted by atomic mass is 35.7. The van der Waals surface area contributed by atoms with Crippen molar-refractivity contribution in [2.45, 2.75) is 37.9 Å². The number of hydrogen-bond donors (Lipinski definition) is 1. The van der Waals surface area contributed by atoms with Gasteiger partial charge in [-0.25, -0.2) is 9.00 Å². The van der Waals surface area contributed by atoms with Crippen LogP contribution in [-0.2, 0) is 35.7 Å². The number of ether oxygens (including phenoxy) is 1. The van der Waals surface area contributed by atoms with Crippen molar-refractivity contribution in [3.05, 3.63) is 48.0 Å². The Hall–Kier alpha value is -2.19. The second kappa shape index (κ2) is 8.01. The molecule has 2 amide bonds. The second-order valence-corrected chi connectivity index (χ2v) is 7.93. The van der Waals surface area contributed by atoms with Gasteiger partial charge in [0, 0.05) is 6.92 Å². The first-order valence-corrected chi connectivity index (χ1v) is 9.71. The number of amides is 2. The lowest BCUT2D eigenvalue weighted by Gasteiger charge is -2.51. The number of esters is 1. The summed E-state index contributed by atoms with van der Waals surface area (Å²) >= 11 is 0. The lowest BCUT2D eigenvalue weighted by atomic mass is 9.99. The first-order valence-electron chi connectivity index (χ1n) is 7.74. The van der Waals surface area contributed by atoms with Gasteiger partial charge in [-0.2, -0.15) is 0 Å². The Kier molecular flexibility index (Phi) is 6.20. The molecule has 1 fully saturated rings. The Bertz CT molecular complexity index is 770. The van der Waals surface area contributed by atoms with Gasteiger partial charge in [-0.05, 0) is 28.7 Å². The molecule has 1 aromatic rings. The highest BCUT2D eigenvalue weighted by Gasteiger charge is 2.60. The third-order valence-corrected chi connectivity index (χ3v) is 5.60. The van der Waals surface area contributed by atoms with Crippen molar-refractivity contribution in [1.82, 2.24) is 10.2 Å². The van der Waals surface area contributed by atoms with Crippen LogP contribution in [0.2, 0.25) is 0 Å². The number of benzene rings is 1. The van der Waals surface area contributed by atoms with E-state index in [1.54, 1.807) is 24.3 Å². The summed E-state index contributed by atoms with van der Waals surface area (Å²) in [6.45, 7) is 6.47. The summed E-state index contributed by atoms with van der Waals surface area (Å²) in [7, 11) is 3.60. The Balaban J connectivity index is 2.25. The maximum absolute atomic E-state index is 12.6. The number of hydrogen-bond acceptors (Lipinski definition) is 5. The average molecular weight is 399 g/mol. The maximum Gasteiger partial charge on any atom is 0.333 e. The molecule has 26 heavy (non-hydrogen) atoms. The summed E-state index contributed by atoms with van der Waals surface area (Å²) in [6, 6.07) is 7.79. The molecule has 1 aromatic carbocycles. The van der Waals surface area contributed by atoms with Crippen LogP contribution in [0, 0.1) is 0 Å². The zero-order valence-electron chi connectivity index (χ0n) is 14.4. The van der Waals surface area contributed by atoms with E-state index in [2.05, 4.69) is 11.9 Å². The number of likely N-dealkylation sites (tertiary alicyclic amines) is 1. The van der Waals surface area contributed by atoms with Crippen molar-refractivity contribution in [3.8, 4) is 0 Å². The molecular weight excluding hydrogens is 380 g/mol. The molecule has 1 heterocycles. The molecule has 1 aliphatic rings. The fraction of sp³-hybridized carbons (Fsp3) is 0.353. The zero-order chi connectivity index (χ0) is 19.5. The van der Waals surface area contributed by atoms with Crippen LogP contribution in [0.4, 0.5) is 0 Å². The van der Waals surface area contributed by atoms with Crippen molar-refractivity contribution >= 4 is 38.5 Å². The van der Waals surface area contributed by atoms with Gasteiger partial charge in [0.25, 0.3) is 0 Å². The van der Waals surface area contributed by atoms with E-state index >= 15 is 0 Å². The number of halogens is 1. The van der Waals surface area contributed by atoms with Gasteiger partial charge < -0.3 is 10.1 Å². The fourth-order valence-electron chi connectivity index (χ4n) is 2.73. The molecule has 1 aliphatic heterocycles. The van der Waals surface area contributed by atoms with Crippen molar-refractivity contribution < 1.29 is 23.3 Å². The molecule has 9 heteroatoms. The average Bonchev–Trinajstić information content (AvgIpc) is 2.56. The molecule has 0 spiro atoms. The van der Waals surface area contributed by atoms with Crippen LogP contribution >= 0.6 is 10.7 Å². The predicted molar refractivity (Wildman–Crippen MR) is 96.8 cm³/mol. The summed E-state index contributed by atoms with van der Waals surface area (Å²) in [4.78, 5) is 35.6. The summed E-state index contributed by atoms with van der Waals surface area (Å²) in [5, 5.41) is 2.42. The summed E-state index contributed by atoms with van der Waals surface area (Å²) < 4.78 is 17.3. The second-order valence-electron chi connectivity index (χ2n) is 5.97. The van der Waals surface area contributed by atoms with Crippen LogP contribution in [0.5, 0.6) is 0 Å². The molecule has 0 saturated carbocycles. The molecule has 1 saturated heterocycles. The number of β-lactam (4-membered cyclic amide) rings is 1. The monoisotopic (exact) mass is 398 g/mol. The minimum absolute atomic E-state index is 0.00256. The first-order chi connectivity index (χ1) is 12.2. The molecule has 7 nitrogen and oxygen atoms in total. The van der Waals surface area contributed by atoms with E-state index in [1.165, 1.54) is 13.8 Å². The molecule has 3 atom stereocenters. The van der Waals surface area contributed by atoms with E-state index in [0.29, 0.717) is 5.57 Å². The number of carbonyl (C=O) groups excluding carboxylic acids is 3. The molecule has 0 aliphatic carbocycles. The predicted octanol–water partition coefficient (Wildman–Crippen LogP) is 1.60. The number of nitrogens with zero attached hydrogens (tertiary/aromatic N) is 1. The minimum Gasteiger partial charge on any atom is -0.459 e. The van der Waals surface area contributed by atoms with Crippen LogP contribution in [0.3, 0.4) is 0 Å². The lowest BCUT2D eigenvalue weighted by Crippen LogP contribution is -2.76. The largest absolute Gasteiger partial charge is 0.459 e. The Morgan fingerprint density at radius 1 is 1.38 bits per heavy atom. The molecule has 0 aromatic heterocycles. The molecule has 0 bridgehead atoms. The van der Waals surface area contributed by atoms with Crippen LogP contribution in [-0.4, -0.2) is 37.9 Å². The number of nitrogens with one attached hydrogen (secondary N) is 1. The smallest absolute Gasteiger partial charge is 0.333 e. The van der Waals surface area contributed by atoms with Gasteiger partial charge in [-0.3, -0.25) is 14.5 Å². The van der Waals surface area contributed by atoms with Gasteiger partial charge >= 0.3 is 5.97 Å². The standard InChI is InChI=1S/C17H19ClN2O5S/c1-11(2)15(16(23)25-10-13-7-5-4-6-8-13)20-14(22)9-17(20,26(18)24)19-12(3)21/h4-8,15H,1,9-10H2,2-3H3,(H,19,21). The maximum atomic E-state index is 12.6. The van der Waals surface area contributed by atoms with Crippen LogP contribution in [0.25, 0.3) is 0 Å². The van der Waals surface area contributed by atoms with Gasteiger partial charge in [0.05, 0.1) is 6.42 Å². The van der Waals surface area contributed by atoms with Gasteiger partial charge in [0.15, 0.2) is 16.1 Å². The number of rotatable bonds is 7. The van der Waals surface area contributed by atoms with Crippen LogP contribution < -0.4 is 5.32 Å². The Labute approximate surface area is 158 Å². The van der Waals surface area contributed by atoms with Crippen molar-refractivity contribution in [1.29, 1.82) is 0 Å². The number of carbonyl (C=O) groups is 3. The van der Waals surface area contributed by atoms with E-state index in [1.807, 2.05) is 6.07 Å². The Morgan fingerprint density at radius 3 is 2.46 bits per heavy atom. The molecule has 0 radical (unpaired) electrons. The molecule has 140 valence electrons. The van der Waals surface area contributed by atoms with E-state index in [0.717, 1.165) is 10.5 Å². The normalized spacial score (nSPS) is 21.3.